The van der Waals surface area contributed by atoms with Crippen molar-refractivity contribution in [2.24, 2.45) is 11.8 Å². The fourth-order valence-electron chi connectivity index (χ4n) is 1.84. The van der Waals surface area contributed by atoms with Crippen LogP contribution in [0.4, 0.5) is 5.69 Å². The largest absolute Gasteiger partial charge is 0.478 e. The lowest BCUT2D eigenvalue weighted by molar-refractivity contribution is -0.119. The van der Waals surface area contributed by atoms with Crippen LogP contribution in [0.25, 0.3) is 0 Å². The van der Waals surface area contributed by atoms with Crippen LogP contribution in [0, 0.1) is 11.8 Å². The Hall–Kier alpha value is -1.84. The monoisotopic (exact) mass is 233 g/mol. The van der Waals surface area contributed by atoms with E-state index in [1.54, 1.807) is 18.2 Å². The van der Waals surface area contributed by atoms with Gasteiger partial charge < -0.3 is 10.4 Å². The van der Waals surface area contributed by atoms with Gasteiger partial charge >= 0.3 is 5.97 Å². The number of para-hydroxylation sites is 1. The van der Waals surface area contributed by atoms with Crippen molar-refractivity contribution in [1.29, 1.82) is 0 Å². The maximum atomic E-state index is 11.9. The van der Waals surface area contributed by atoms with Crippen LogP contribution in [0.2, 0.25) is 0 Å². The maximum Gasteiger partial charge on any atom is 0.337 e. The first-order chi connectivity index (χ1) is 8.09. The lowest BCUT2D eigenvalue weighted by Crippen LogP contribution is -2.23. The molecule has 1 aromatic carbocycles. The average Bonchev–Trinajstić information content (AvgIpc) is 3.12. The molecule has 0 saturated heterocycles. The van der Waals surface area contributed by atoms with Crippen molar-refractivity contribution in [3.8, 4) is 0 Å². The van der Waals surface area contributed by atoms with E-state index in [-0.39, 0.29) is 17.4 Å². The highest BCUT2D eigenvalue weighted by Gasteiger charge is 2.32. The Labute approximate surface area is 99.6 Å². The third kappa shape index (κ3) is 2.64. The highest BCUT2D eigenvalue weighted by atomic mass is 16.4. The molecule has 1 unspecified atom stereocenters. The SMILES string of the molecule is CC(C(=O)Nc1ccccc1C(=O)O)C1CC1. The zero-order valence-corrected chi connectivity index (χ0v) is 9.64. The summed E-state index contributed by atoms with van der Waals surface area (Å²) in [6.45, 7) is 1.89. The molecule has 1 fully saturated rings. The van der Waals surface area contributed by atoms with E-state index in [1.165, 1.54) is 6.07 Å². The summed E-state index contributed by atoms with van der Waals surface area (Å²) in [4.78, 5) is 22.8. The predicted molar refractivity (Wildman–Crippen MR) is 63.9 cm³/mol. The number of carbonyl (C=O) groups is 2. The molecule has 1 aliphatic rings. The van der Waals surface area contributed by atoms with Gasteiger partial charge in [0, 0.05) is 5.92 Å². The van der Waals surface area contributed by atoms with E-state index in [4.69, 9.17) is 5.11 Å². The molecule has 1 aliphatic carbocycles. The molecule has 0 heterocycles. The van der Waals surface area contributed by atoms with Gasteiger partial charge in [-0.15, -0.1) is 0 Å². The molecular weight excluding hydrogens is 218 g/mol. The molecule has 4 heteroatoms. The summed E-state index contributed by atoms with van der Waals surface area (Å²) in [6, 6.07) is 6.45. The first-order valence-corrected chi connectivity index (χ1v) is 5.73. The summed E-state index contributed by atoms with van der Waals surface area (Å²) >= 11 is 0. The zero-order valence-electron chi connectivity index (χ0n) is 9.64. The van der Waals surface area contributed by atoms with Crippen LogP contribution < -0.4 is 5.32 Å². The number of nitrogens with one attached hydrogen (secondary N) is 1. The molecule has 2 N–H and O–H groups in total. The van der Waals surface area contributed by atoms with Crippen molar-refractivity contribution < 1.29 is 14.7 Å². The summed E-state index contributed by atoms with van der Waals surface area (Å²) in [6.07, 6.45) is 2.18. The second-order valence-electron chi connectivity index (χ2n) is 4.47. The quantitative estimate of drug-likeness (QED) is 0.839. The van der Waals surface area contributed by atoms with Gasteiger partial charge in [0.25, 0.3) is 0 Å². The number of aromatic carboxylic acids is 1. The van der Waals surface area contributed by atoms with Crippen LogP contribution in [-0.4, -0.2) is 17.0 Å². The molecule has 1 amide bonds. The van der Waals surface area contributed by atoms with Crippen LogP contribution in [-0.2, 0) is 4.79 Å². The number of hydrogen-bond donors (Lipinski definition) is 2. The molecule has 1 aromatic rings. The van der Waals surface area contributed by atoms with Gasteiger partial charge in [0.15, 0.2) is 0 Å². The second kappa shape index (κ2) is 4.57. The topological polar surface area (TPSA) is 66.4 Å². The number of carboxylic acid groups (broad SMARTS) is 1. The summed E-state index contributed by atoms with van der Waals surface area (Å²) in [5.41, 5.74) is 0.501. The van der Waals surface area contributed by atoms with E-state index < -0.39 is 5.97 Å². The van der Waals surface area contributed by atoms with Gasteiger partial charge in [-0.05, 0) is 30.9 Å². The molecule has 4 nitrogen and oxygen atoms in total. The Morgan fingerprint density at radius 3 is 2.59 bits per heavy atom. The van der Waals surface area contributed by atoms with Gasteiger partial charge in [-0.2, -0.15) is 0 Å². The molecular formula is C13H15NO3. The first kappa shape index (κ1) is 11.6. The summed E-state index contributed by atoms with van der Waals surface area (Å²) in [7, 11) is 0. The minimum atomic E-state index is -1.03. The molecule has 1 saturated carbocycles. The van der Waals surface area contributed by atoms with E-state index in [0.717, 1.165) is 12.8 Å². The van der Waals surface area contributed by atoms with E-state index >= 15 is 0 Å². The summed E-state index contributed by atoms with van der Waals surface area (Å²) in [5, 5.41) is 11.7. The zero-order chi connectivity index (χ0) is 12.4. The molecule has 0 bridgehead atoms. The smallest absolute Gasteiger partial charge is 0.337 e. The van der Waals surface area contributed by atoms with Crippen LogP contribution in [0.5, 0.6) is 0 Å². The standard InChI is InChI=1S/C13H15NO3/c1-8(9-6-7-9)12(15)14-11-5-3-2-4-10(11)13(16)17/h2-5,8-9H,6-7H2,1H3,(H,14,15)(H,16,17). The van der Waals surface area contributed by atoms with Crippen molar-refractivity contribution >= 4 is 17.6 Å². The van der Waals surface area contributed by atoms with E-state index in [0.29, 0.717) is 11.6 Å². The third-order valence-electron chi connectivity index (χ3n) is 3.16. The fraction of sp³-hybridized carbons (Fsp3) is 0.385. The number of carboxylic acids is 1. The van der Waals surface area contributed by atoms with Gasteiger partial charge in [-0.25, -0.2) is 4.79 Å². The van der Waals surface area contributed by atoms with E-state index in [2.05, 4.69) is 5.32 Å². The summed E-state index contributed by atoms with van der Waals surface area (Å²) < 4.78 is 0. The predicted octanol–water partition coefficient (Wildman–Crippen LogP) is 2.37. The van der Waals surface area contributed by atoms with Crippen molar-refractivity contribution in [3.05, 3.63) is 29.8 Å². The minimum Gasteiger partial charge on any atom is -0.478 e. The molecule has 1 atom stereocenters. The van der Waals surface area contributed by atoms with Crippen molar-refractivity contribution in [1.82, 2.24) is 0 Å². The van der Waals surface area contributed by atoms with Crippen LogP contribution in [0.1, 0.15) is 30.1 Å². The Bertz CT molecular complexity index is 452. The van der Waals surface area contributed by atoms with Crippen molar-refractivity contribution in [2.45, 2.75) is 19.8 Å². The number of carbonyl (C=O) groups excluding carboxylic acids is 1. The summed E-state index contributed by atoms with van der Waals surface area (Å²) in [5.74, 6) is -0.704. The highest BCUT2D eigenvalue weighted by molar-refractivity contribution is 6.01. The van der Waals surface area contributed by atoms with Gasteiger partial charge in [-0.3, -0.25) is 4.79 Å². The van der Waals surface area contributed by atoms with Gasteiger partial charge in [-0.1, -0.05) is 19.1 Å². The van der Waals surface area contributed by atoms with E-state index in [1.807, 2.05) is 6.92 Å². The normalized spacial score (nSPS) is 16.3. The second-order valence-corrected chi connectivity index (χ2v) is 4.47. The van der Waals surface area contributed by atoms with Gasteiger partial charge in [0.05, 0.1) is 11.3 Å². The fourth-order valence-corrected chi connectivity index (χ4v) is 1.84. The molecule has 0 radical (unpaired) electrons. The highest BCUT2D eigenvalue weighted by Crippen LogP contribution is 2.37. The van der Waals surface area contributed by atoms with Crippen molar-refractivity contribution in [2.75, 3.05) is 5.32 Å². The van der Waals surface area contributed by atoms with Gasteiger partial charge in [0.1, 0.15) is 0 Å². The molecule has 2 rings (SSSR count). The molecule has 0 aliphatic heterocycles. The van der Waals surface area contributed by atoms with Gasteiger partial charge in [0.2, 0.25) is 5.91 Å². The Morgan fingerprint density at radius 1 is 1.35 bits per heavy atom. The van der Waals surface area contributed by atoms with E-state index in [9.17, 15) is 9.59 Å². The van der Waals surface area contributed by atoms with Crippen molar-refractivity contribution in [3.63, 3.8) is 0 Å². The lowest BCUT2D eigenvalue weighted by atomic mass is 10.1. The Balaban J connectivity index is 2.12. The maximum absolute atomic E-state index is 11.9. The molecule has 0 aromatic heterocycles. The molecule has 90 valence electrons. The number of amides is 1. The Morgan fingerprint density at radius 2 is 2.00 bits per heavy atom. The molecule has 0 spiro atoms. The minimum absolute atomic E-state index is 0.0446. The third-order valence-corrected chi connectivity index (χ3v) is 3.16. The molecule has 17 heavy (non-hydrogen) atoms. The number of benzene rings is 1. The Kier molecular flexibility index (Phi) is 3.13. The lowest BCUT2D eigenvalue weighted by Gasteiger charge is -2.12. The average molecular weight is 233 g/mol. The van der Waals surface area contributed by atoms with Crippen LogP contribution in [0.15, 0.2) is 24.3 Å². The number of hydrogen-bond acceptors (Lipinski definition) is 2. The number of anilines is 1. The van der Waals surface area contributed by atoms with Crippen LogP contribution in [0.3, 0.4) is 0 Å². The van der Waals surface area contributed by atoms with Crippen LogP contribution >= 0.6 is 0 Å². The first-order valence-electron chi connectivity index (χ1n) is 5.73. The number of rotatable bonds is 4.